The maximum atomic E-state index is 5.37. The highest BCUT2D eigenvalue weighted by atomic mass is 79.9. The van der Waals surface area contributed by atoms with Gasteiger partial charge in [-0.05, 0) is 36.0 Å². The van der Waals surface area contributed by atoms with Crippen molar-refractivity contribution in [1.82, 2.24) is 0 Å². The number of anilines is 1. The Morgan fingerprint density at radius 2 is 2.36 bits per heavy atom. The molecule has 0 saturated heterocycles. The summed E-state index contributed by atoms with van der Waals surface area (Å²) in [4.78, 5) is 0. The molecule has 0 bridgehead atoms. The second-order valence-electron chi connectivity index (χ2n) is 4.06. The summed E-state index contributed by atoms with van der Waals surface area (Å²) in [6.45, 7) is 1.11. The van der Waals surface area contributed by atoms with Gasteiger partial charge >= 0.3 is 0 Å². The van der Waals surface area contributed by atoms with E-state index >= 15 is 0 Å². The highest BCUT2D eigenvalue weighted by molar-refractivity contribution is 9.10. The summed E-state index contributed by atoms with van der Waals surface area (Å²) in [6, 6.07) is 4.24. The van der Waals surface area contributed by atoms with Gasteiger partial charge in [-0.3, -0.25) is 0 Å². The Balaban J connectivity index is 2.15. The highest BCUT2D eigenvalue weighted by Gasteiger charge is 2.43. The number of rotatable bonds is 1. The van der Waals surface area contributed by atoms with Gasteiger partial charge in [-0.15, -0.1) is 0 Å². The fourth-order valence-electron chi connectivity index (χ4n) is 2.33. The Hall–Kier alpha value is -0.700. The van der Waals surface area contributed by atoms with E-state index in [1.165, 1.54) is 17.7 Å². The second kappa shape index (κ2) is 2.89. The third kappa shape index (κ3) is 1.15. The van der Waals surface area contributed by atoms with Crippen LogP contribution in [0.3, 0.4) is 0 Å². The summed E-state index contributed by atoms with van der Waals surface area (Å²) in [7, 11) is 1.72. The molecule has 1 heterocycles. The lowest BCUT2D eigenvalue weighted by Gasteiger charge is -2.20. The fourth-order valence-corrected chi connectivity index (χ4v) is 2.79. The molecule has 2 nitrogen and oxygen atoms in total. The van der Waals surface area contributed by atoms with Gasteiger partial charge in [0.05, 0.1) is 12.8 Å². The molecule has 1 fully saturated rings. The molecule has 14 heavy (non-hydrogen) atoms. The van der Waals surface area contributed by atoms with Gasteiger partial charge in [0.2, 0.25) is 0 Å². The molecule has 1 aliphatic heterocycles. The van der Waals surface area contributed by atoms with Gasteiger partial charge < -0.3 is 10.1 Å². The van der Waals surface area contributed by atoms with Gasteiger partial charge in [0.25, 0.3) is 0 Å². The molecule has 0 amide bonds. The van der Waals surface area contributed by atoms with Crippen molar-refractivity contribution >= 4 is 21.6 Å². The monoisotopic (exact) mass is 253 g/mol. The van der Waals surface area contributed by atoms with Crippen molar-refractivity contribution in [3.63, 3.8) is 0 Å². The second-order valence-corrected chi connectivity index (χ2v) is 4.97. The van der Waals surface area contributed by atoms with E-state index < -0.39 is 0 Å². The molecule has 1 aliphatic carbocycles. The van der Waals surface area contributed by atoms with Crippen LogP contribution in [0, 0.1) is 5.92 Å². The van der Waals surface area contributed by atoms with Gasteiger partial charge in [-0.2, -0.15) is 0 Å². The molecule has 2 atom stereocenters. The van der Waals surface area contributed by atoms with Crippen LogP contribution in [0.4, 0.5) is 5.69 Å². The fraction of sp³-hybridized carbons (Fsp3) is 0.455. The van der Waals surface area contributed by atoms with Gasteiger partial charge in [0, 0.05) is 11.0 Å². The van der Waals surface area contributed by atoms with Crippen LogP contribution < -0.4 is 10.1 Å². The summed E-state index contributed by atoms with van der Waals surface area (Å²) in [5.41, 5.74) is 2.63. The van der Waals surface area contributed by atoms with E-state index in [-0.39, 0.29) is 0 Å². The summed E-state index contributed by atoms with van der Waals surface area (Å²) < 4.78 is 6.48. The zero-order valence-electron chi connectivity index (χ0n) is 8.01. The first kappa shape index (κ1) is 8.60. The molecule has 74 valence electrons. The van der Waals surface area contributed by atoms with Crippen LogP contribution >= 0.6 is 15.9 Å². The van der Waals surface area contributed by atoms with Crippen molar-refractivity contribution in [2.24, 2.45) is 5.92 Å². The average molecular weight is 254 g/mol. The molecule has 0 spiro atoms. The van der Waals surface area contributed by atoms with Gasteiger partial charge in [-0.25, -0.2) is 0 Å². The third-order valence-electron chi connectivity index (χ3n) is 3.18. The first-order valence-electron chi connectivity index (χ1n) is 4.91. The highest BCUT2D eigenvalue weighted by Crippen LogP contribution is 2.55. The largest absolute Gasteiger partial charge is 0.495 e. The third-order valence-corrected chi connectivity index (χ3v) is 3.64. The average Bonchev–Trinajstić information content (AvgIpc) is 2.95. The maximum Gasteiger partial charge on any atom is 0.143 e. The molecule has 1 N–H and O–H groups in total. The number of hydrogen-bond acceptors (Lipinski definition) is 2. The molecule has 2 unspecified atom stereocenters. The molecule has 3 rings (SSSR count). The minimum Gasteiger partial charge on any atom is -0.495 e. The summed E-state index contributed by atoms with van der Waals surface area (Å²) in [5, 5.41) is 3.45. The lowest BCUT2D eigenvalue weighted by Crippen LogP contribution is -2.12. The van der Waals surface area contributed by atoms with Crippen LogP contribution in [0.1, 0.15) is 17.9 Å². The summed E-state index contributed by atoms with van der Waals surface area (Å²) in [6.07, 6.45) is 1.33. The smallest absolute Gasteiger partial charge is 0.143 e. The zero-order valence-corrected chi connectivity index (χ0v) is 9.60. The normalized spacial score (nSPS) is 27.3. The van der Waals surface area contributed by atoms with Crippen molar-refractivity contribution in [2.45, 2.75) is 12.3 Å². The molecule has 2 aliphatic rings. The number of hydrogen-bond donors (Lipinski definition) is 1. The topological polar surface area (TPSA) is 21.3 Å². The number of halogens is 1. The van der Waals surface area contributed by atoms with Crippen molar-refractivity contribution in [3.8, 4) is 5.75 Å². The van der Waals surface area contributed by atoms with E-state index in [1.807, 2.05) is 6.07 Å². The van der Waals surface area contributed by atoms with Crippen LogP contribution in [0.25, 0.3) is 0 Å². The van der Waals surface area contributed by atoms with Crippen LogP contribution in [0.5, 0.6) is 5.75 Å². The Labute approximate surface area is 91.8 Å². The number of benzene rings is 1. The van der Waals surface area contributed by atoms with Crippen molar-refractivity contribution in [1.29, 1.82) is 0 Å². The lowest BCUT2D eigenvalue weighted by molar-refractivity contribution is 0.415. The van der Waals surface area contributed by atoms with Gasteiger partial charge in [0.15, 0.2) is 0 Å². The van der Waals surface area contributed by atoms with Crippen LogP contribution in [0.15, 0.2) is 16.6 Å². The molecule has 0 aromatic heterocycles. The van der Waals surface area contributed by atoms with Crippen molar-refractivity contribution < 1.29 is 4.74 Å². The number of ether oxygens (including phenoxy) is 1. The maximum absolute atomic E-state index is 5.37. The Morgan fingerprint density at radius 1 is 1.50 bits per heavy atom. The number of nitrogens with one attached hydrogen (secondary N) is 1. The molecule has 1 aromatic carbocycles. The quantitative estimate of drug-likeness (QED) is 0.831. The Bertz CT molecular complexity index is 391. The van der Waals surface area contributed by atoms with E-state index in [1.54, 1.807) is 7.11 Å². The van der Waals surface area contributed by atoms with E-state index in [2.05, 4.69) is 27.3 Å². The van der Waals surface area contributed by atoms with E-state index in [0.29, 0.717) is 0 Å². The van der Waals surface area contributed by atoms with Crippen LogP contribution in [0.2, 0.25) is 0 Å². The first-order chi connectivity index (χ1) is 6.79. The molecule has 0 radical (unpaired) electrons. The van der Waals surface area contributed by atoms with E-state index in [0.717, 1.165) is 28.6 Å². The van der Waals surface area contributed by atoms with Crippen LogP contribution in [-0.2, 0) is 0 Å². The van der Waals surface area contributed by atoms with Gasteiger partial charge in [-0.1, -0.05) is 15.9 Å². The van der Waals surface area contributed by atoms with Crippen LogP contribution in [-0.4, -0.2) is 13.7 Å². The van der Waals surface area contributed by atoms with Crippen molar-refractivity contribution in [3.05, 3.63) is 22.2 Å². The summed E-state index contributed by atoms with van der Waals surface area (Å²) >= 11 is 3.52. The molecule has 1 aromatic rings. The predicted octanol–water partition coefficient (Wildman–Crippen LogP) is 2.99. The minimum absolute atomic E-state index is 0.776. The van der Waals surface area contributed by atoms with E-state index in [4.69, 9.17) is 4.74 Å². The lowest BCUT2D eigenvalue weighted by atomic mass is 10.0. The zero-order chi connectivity index (χ0) is 9.71. The Kier molecular flexibility index (Phi) is 1.78. The standard InChI is InChI=1S/C11H12BrNO/c1-14-10-4-7(12)3-9-8-2-6(8)5-13-11(9)10/h3-4,6,8,13H,2,5H2,1H3. The van der Waals surface area contributed by atoms with E-state index in [9.17, 15) is 0 Å². The molecule has 3 heteroatoms. The van der Waals surface area contributed by atoms with Gasteiger partial charge in [0.1, 0.15) is 5.75 Å². The van der Waals surface area contributed by atoms with Crippen molar-refractivity contribution in [2.75, 3.05) is 19.0 Å². The number of methoxy groups -OCH3 is 1. The summed E-state index contributed by atoms with van der Waals surface area (Å²) in [5.74, 6) is 2.60. The minimum atomic E-state index is 0.776. The Morgan fingerprint density at radius 3 is 3.14 bits per heavy atom. The SMILES string of the molecule is COc1cc(Br)cc2c1NCC1CC21. The number of fused-ring (bicyclic) bond motifs is 3. The molecule has 1 saturated carbocycles. The molecular weight excluding hydrogens is 242 g/mol. The first-order valence-corrected chi connectivity index (χ1v) is 5.70. The predicted molar refractivity (Wildman–Crippen MR) is 60.0 cm³/mol. The molecular formula is C11H12BrNO.